The molecule has 0 aliphatic carbocycles. The molecule has 8 heteroatoms. The second-order valence-corrected chi connectivity index (χ2v) is 5.52. The second-order valence-electron chi connectivity index (χ2n) is 5.52. The topological polar surface area (TPSA) is 68.0 Å². The lowest BCUT2D eigenvalue weighted by molar-refractivity contribution is -0.137. The van der Waals surface area contributed by atoms with Crippen LogP contribution in [0.25, 0.3) is 11.5 Å². The van der Waals surface area contributed by atoms with Crippen molar-refractivity contribution in [3.05, 3.63) is 65.7 Å². The van der Waals surface area contributed by atoms with Crippen molar-refractivity contribution in [1.29, 1.82) is 0 Å². The van der Waals surface area contributed by atoms with E-state index in [0.717, 1.165) is 17.7 Å². The first-order chi connectivity index (χ1) is 12.4. The van der Waals surface area contributed by atoms with Crippen molar-refractivity contribution in [3.63, 3.8) is 0 Å². The van der Waals surface area contributed by atoms with E-state index in [4.69, 9.17) is 4.42 Å². The standard InChI is InChI=1S/C18H14F3N3O2/c19-18(20,21)14-9-7-13(8-10-14)16-23-24-17(26-16)22-15(25)11-6-12-4-2-1-3-5-12/h1-5,7-10H,6,11H2,(H,22,24,25). The molecule has 0 saturated carbocycles. The number of halogens is 3. The molecule has 1 N–H and O–H groups in total. The van der Waals surface area contributed by atoms with Gasteiger partial charge < -0.3 is 4.42 Å². The molecule has 0 aliphatic rings. The van der Waals surface area contributed by atoms with Crippen molar-refractivity contribution in [2.45, 2.75) is 19.0 Å². The highest BCUT2D eigenvalue weighted by Gasteiger charge is 2.30. The number of hydrogen-bond donors (Lipinski definition) is 1. The zero-order valence-corrected chi connectivity index (χ0v) is 13.5. The maximum Gasteiger partial charge on any atom is 0.416 e. The highest BCUT2D eigenvalue weighted by atomic mass is 19.4. The Morgan fingerprint density at radius 1 is 1.00 bits per heavy atom. The molecule has 1 heterocycles. The summed E-state index contributed by atoms with van der Waals surface area (Å²) in [5, 5.41) is 9.90. The van der Waals surface area contributed by atoms with Crippen molar-refractivity contribution >= 4 is 11.9 Å². The van der Waals surface area contributed by atoms with E-state index < -0.39 is 11.7 Å². The monoisotopic (exact) mass is 361 g/mol. The van der Waals surface area contributed by atoms with Crippen LogP contribution in [0, 0.1) is 0 Å². The molecule has 0 saturated heterocycles. The molecule has 26 heavy (non-hydrogen) atoms. The van der Waals surface area contributed by atoms with E-state index in [1.165, 1.54) is 12.1 Å². The van der Waals surface area contributed by atoms with Crippen molar-refractivity contribution in [2.75, 3.05) is 5.32 Å². The first kappa shape index (κ1) is 17.7. The molecule has 0 spiro atoms. The lowest BCUT2D eigenvalue weighted by Gasteiger charge is -2.05. The smallest absolute Gasteiger partial charge is 0.403 e. The van der Waals surface area contributed by atoms with E-state index in [0.29, 0.717) is 12.0 Å². The van der Waals surface area contributed by atoms with Gasteiger partial charge in [-0.25, -0.2) is 0 Å². The number of alkyl halides is 3. The third-order valence-electron chi connectivity index (χ3n) is 3.61. The zero-order chi connectivity index (χ0) is 18.6. The fourth-order valence-corrected chi connectivity index (χ4v) is 2.28. The molecular formula is C18H14F3N3O2. The van der Waals surface area contributed by atoms with Gasteiger partial charge in [0, 0.05) is 12.0 Å². The van der Waals surface area contributed by atoms with Gasteiger partial charge >= 0.3 is 12.2 Å². The summed E-state index contributed by atoms with van der Waals surface area (Å²) in [5.74, 6) is -0.270. The molecule has 3 aromatic rings. The molecule has 0 atom stereocenters. The van der Waals surface area contributed by atoms with E-state index in [2.05, 4.69) is 15.5 Å². The van der Waals surface area contributed by atoms with Gasteiger partial charge in [0.1, 0.15) is 0 Å². The summed E-state index contributed by atoms with van der Waals surface area (Å²) in [4.78, 5) is 11.9. The van der Waals surface area contributed by atoms with Gasteiger partial charge in [-0.05, 0) is 36.2 Å². The highest BCUT2D eigenvalue weighted by Crippen LogP contribution is 2.30. The van der Waals surface area contributed by atoms with E-state index in [1.54, 1.807) is 0 Å². The lowest BCUT2D eigenvalue weighted by atomic mass is 10.1. The number of carbonyl (C=O) groups excluding carboxylic acids is 1. The number of anilines is 1. The third kappa shape index (κ3) is 4.47. The molecule has 134 valence electrons. The fourth-order valence-electron chi connectivity index (χ4n) is 2.28. The summed E-state index contributed by atoms with van der Waals surface area (Å²) in [7, 11) is 0. The Morgan fingerprint density at radius 3 is 2.35 bits per heavy atom. The van der Waals surface area contributed by atoms with Crippen LogP contribution in [0.3, 0.4) is 0 Å². The Labute approximate surface area is 146 Å². The van der Waals surface area contributed by atoms with Gasteiger partial charge in [0.15, 0.2) is 0 Å². The minimum Gasteiger partial charge on any atom is -0.403 e. The van der Waals surface area contributed by atoms with Crippen LogP contribution in [0.4, 0.5) is 19.2 Å². The van der Waals surface area contributed by atoms with E-state index >= 15 is 0 Å². The molecule has 1 aromatic heterocycles. The molecule has 0 fully saturated rings. The number of amides is 1. The molecule has 0 bridgehead atoms. The van der Waals surface area contributed by atoms with Crippen LogP contribution in [0.1, 0.15) is 17.5 Å². The van der Waals surface area contributed by atoms with Crippen LogP contribution in [-0.4, -0.2) is 16.1 Å². The first-order valence-electron chi connectivity index (χ1n) is 7.77. The Hall–Kier alpha value is -3.16. The molecule has 3 rings (SSSR count). The minimum atomic E-state index is -4.41. The van der Waals surface area contributed by atoms with E-state index in [9.17, 15) is 18.0 Å². The summed E-state index contributed by atoms with van der Waals surface area (Å²) in [6.07, 6.45) is -3.61. The van der Waals surface area contributed by atoms with Gasteiger partial charge in [-0.2, -0.15) is 13.2 Å². The van der Waals surface area contributed by atoms with Crippen LogP contribution in [0.5, 0.6) is 0 Å². The minimum absolute atomic E-state index is 0.0251. The van der Waals surface area contributed by atoms with Gasteiger partial charge in [0.05, 0.1) is 5.56 Å². The first-order valence-corrected chi connectivity index (χ1v) is 7.77. The summed E-state index contributed by atoms with van der Waals surface area (Å²) < 4.78 is 43.0. The third-order valence-corrected chi connectivity index (χ3v) is 3.61. The number of aryl methyl sites for hydroxylation is 1. The number of hydrogen-bond acceptors (Lipinski definition) is 4. The van der Waals surface area contributed by atoms with E-state index in [-0.39, 0.29) is 24.2 Å². The van der Waals surface area contributed by atoms with Crippen LogP contribution < -0.4 is 5.32 Å². The second kappa shape index (κ2) is 7.38. The molecule has 0 radical (unpaired) electrons. The highest BCUT2D eigenvalue weighted by molar-refractivity contribution is 5.88. The Bertz CT molecular complexity index is 875. The number of nitrogens with one attached hydrogen (secondary N) is 1. The normalized spacial score (nSPS) is 11.3. The number of aromatic nitrogens is 2. The fraction of sp³-hybridized carbons (Fsp3) is 0.167. The molecule has 0 aliphatic heterocycles. The Balaban J connectivity index is 1.60. The Kier molecular flexibility index (Phi) is 5.01. The summed E-state index contributed by atoms with van der Waals surface area (Å²) in [5.41, 5.74) is 0.587. The number of benzene rings is 2. The molecule has 0 unspecified atom stereocenters. The van der Waals surface area contributed by atoms with Crippen LogP contribution in [0.2, 0.25) is 0 Å². The van der Waals surface area contributed by atoms with Crippen LogP contribution in [-0.2, 0) is 17.4 Å². The molecular weight excluding hydrogens is 347 g/mol. The van der Waals surface area contributed by atoms with Crippen molar-refractivity contribution in [3.8, 4) is 11.5 Å². The largest absolute Gasteiger partial charge is 0.416 e. The predicted octanol–water partition coefficient (Wildman–Crippen LogP) is 4.33. The maximum atomic E-state index is 12.6. The van der Waals surface area contributed by atoms with Crippen molar-refractivity contribution < 1.29 is 22.4 Å². The van der Waals surface area contributed by atoms with Crippen molar-refractivity contribution in [2.24, 2.45) is 0 Å². The number of nitrogens with zero attached hydrogens (tertiary/aromatic N) is 2. The van der Waals surface area contributed by atoms with Crippen LogP contribution >= 0.6 is 0 Å². The van der Waals surface area contributed by atoms with Crippen LogP contribution in [0.15, 0.2) is 59.0 Å². The quantitative estimate of drug-likeness (QED) is 0.735. The summed E-state index contributed by atoms with van der Waals surface area (Å²) >= 11 is 0. The average Bonchev–Trinajstić information content (AvgIpc) is 3.09. The maximum absolute atomic E-state index is 12.6. The number of rotatable bonds is 5. The van der Waals surface area contributed by atoms with Crippen molar-refractivity contribution in [1.82, 2.24) is 10.2 Å². The average molecular weight is 361 g/mol. The van der Waals surface area contributed by atoms with Gasteiger partial charge in [-0.15, -0.1) is 5.10 Å². The Morgan fingerprint density at radius 2 is 1.69 bits per heavy atom. The lowest BCUT2D eigenvalue weighted by Crippen LogP contribution is -2.12. The molecule has 2 aromatic carbocycles. The summed E-state index contributed by atoms with van der Waals surface area (Å²) in [6, 6.07) is 13.7. The number of carbonyl (C=O) groups is 1. The van der Waals surface area contributed by atoms with E-state index in [1.807, 2.05) is 30.3 Å². The zero-order valence-electron chi connectivity index (χ0n) is 13.5. The molecule has 1 amide bonds. The van der Waals surface area contributed by atoms with Gasteiger partial charge in [-0.3, -0.25) is 10.1 Å². The predicted molar refractivity (Wildman–Crippen MR) is 88.1 cm³/mol. The van der Waals surface area contributed by atoms with Gasteiger partial charge in [0.25, 0.3) is 0 Å². The van der Waals surface area contributed by atoms with Gasteiger partial charge in [-0.1, -0.05) is 35.4 Å². The summed E-state index contributed by atoms with van der Waals surface area (Å²) in [6.45, 7) is 0. The van der Waals surface area contributed by atoms with Gasteiger partial charge in [0.2, 0.25) is 11.8 Å². The molecule has 5 nitrogen and oxygen atoms in total. The SMILES string of the molecule is O=C(CCc1ccccc1)Nc1nnc(-c2ccc(C(F)(F)F)cc2)o1.